The second-order valence-electron chi connectivity index (χ2n) is 9.88. The lowest BCUT2D eigenvalue weighted by Crippen LogP contribution is -2.35. The number of rotatable bonds is 16. The zero-order valence-electron chi connectivity index (χ0n) is 23.1. The number of fused-ring (bicyclic) bond motifs is 1. The molecule has 1 aliphatic heterocycles. The molecular formula is C33H42N3O2. The van der Waals surface area contributed by atoms with E-state index in [4.69, 9.17) is 19.9 Å². The van der Waals surface area contributed by atoms with Crippen LogP contribution in [0.15, 0.2) is 77.8 Å². The average molecular weight is 513 g/mol. The number of ether oxygens (including phenoxy) is 2. The first kappa shape index (κ1) is 27.6. The topological polar surface area (TPSA) is 48.2 Å². The largest absolute Gasteiger partial charge is 0.494 e. The first-order valence-corrected chi connectivity index (χ1v) is 14.4. The van der Waals surface area contributed by atoms with Crippen LogP contribution in [0.1, 0.15) is 83.6 Å². The number of amidine groups is 1. The minimum atomic E-state index is 0.683. The number of benzene rings is 3. The van der Waals surface area contributed by atoms with E-state index in [2.05, 4.69) is 32.0 Å². The summed E-state index contributed by atoms with van der Waals surface area (Å²) in [6.45, 7) is 5.99. The highest BCUT2D eigenvalue weighted by atomic mass is 16.5. The zero-order chi connectivity index (χ0) is 26.4. The van der Waals surface area contributed by atoms with E-state index in [1.165, 1.54) is 51.4 Å². The van der Waals surface area contributed by atoms with Gasteiger partial charge in [0.25, 0.3) is 0 Å². The van der Waals surface area contributed by atoms with E-state index in [0.717, 1.165) is 60.2 Å². The van der Waals surface area contributed by atoms with Crippen LogP contribution in [0.5, 0.6) is 11.5 Å². The van der Waals surface area contributed by atoms with Gasteiger partial charge in [-0.15, -0.1) is 5.43 Å². The van der Waals surface area contributed by atoms with Crippen molar-refractivity contribution in [3.63, 3.8) is 0 Å². The van der Waals surface area contributed by atoms with Gasteiger partial charge in [0.2, 0.25) is 0 Å². The molecule has 201 valence electrons. The number of anilines is 2. The van der Waals surface area contributed by atoms with E-state index in [1.807, 2.05) is 59.6 Å². The van der Waals surface area contributed by atoms with Crippen molar-refractivity contribution in [2.24, 2.45) is 4.99 Å². The molecule has 0 bridgehead atoms. The van der Waals surface area contributed by atoms with Gasteiger partial charge >= 0.3 is 0 Å². The first-order valence-electron chi connectivity index (χ1n) is 14.4. The van der Waals surface area contributed by atoms with Crippen LogP contribution < -0.4 is 19.9 Å². The SMILES string of the molecule is CCCCCCCOc1ccc(C2=Nc3ccccc3N(c3ccc(OCCCCCCC)cc3)[N]2)cc1. The van der Waals surface area contributed by atoms with Crippen LogP contribution in [0.3, 0.4) is 0 Å². The Morgan fingerprint density at radius 1 is 0.605 bits per heavy atom. The number of aliphatic imine (C=N–C) groups is 1. The van der Waals surface area contributed by atoms with Crippen LogP contribution in [-0.4, -0.2) is 19.0 Å². The van der Waals surface area contributed by atoms with Crippen molar-refractivity contribution in [3.05, 3.63) is 78.4 Å². The molecule has 0 aliphatic carbocycles. The lowest BCUT2D eigenvalue weighted by molar-refractivity contribution is 0.304. The Morgan fingerprint density at radius 2 is 1.16 bits per heavy atom. The number of para-hydroxylation sites is 2. The molecule has 0 N–H and O–H groups in total. The van der Waals surface area contributed by atoms with Gasteiger partial charge in [-0.05, 0) is 73.5 Å². The molecule has 1 radical (unpaired) electrons. The molecular weight excluding hydrogens is 470 g/mol. The minimum absolute atomic E-state index is 0.683. The van der Waals surface area contributed by atoms with E-state index >= 15 is 0 Å². The van der Waals surface area contributed by atoms with Gasteiger partial charge in [-0.2, -0.15) is 0 Å². The molecule has 0 saturated heterocycles. The van der Waals surface area contributed by atoms with Gasteiger partial charge in [0.15, 0.2) is 5.84 Å². The maximum absolute atomic E-state index is 5.97. The van der Waals surface area contributed by atoms with Gasteiger partial charge in [0, 0.05) is 5.56 Å². The normalized spacial score (nSPS) is 12.5. The summed E-state index contributed by atoms with van der Waals surface area (Å²) < 4.78 is 11.9. The van der Waals surface area contributed by atoms with Crippen molar-refractivity contribution in [1.29, 1.82) is 0 Å². The summed E-state index contributed by atoms with van der Waals surface area (Å²) in [6.07, 6.45) is 12.3. The molecule has 0 amide bonds. The molecule has 38 heavy (non-hydrogen) atoms. The Bertz CT molecular complexity index is 1130. The number of unbranched alkanes of at least 4 members (excludes halogenated alkanes) is 8. The summed E-state index contributed by atoms with van der Waals surface area (Å²) in [7, 11) is 0. The molecule has 3 aromatic carbocycles. The predicted molar refractivity (Wildman–Crippen MR) is 158 cm³/mol. The van der Waals surface area contributed by atoms with Gasteiger partial charge in [-0.25, -0.2) is 10.0 Å². The molecule has 3 aromatic rings. The van der Waals surface area contributed by atoms with E-state index in [9.17, 15) is 0 Å². The van der Waals surface area contributed by atoms with Gasteiger partial charge in [0.1, 0.15) is 11.5 Å². The van der Waals surface area contributed by atoms with E-state index in [-0.39, 0.29) is 0 Å². The van der Waals surface area contributed by atoms with Gasteiger partial charge in [0.05, 0.1) is 30.3 Å². The summed E-state index contributed by atoms with van der Waals surface area (Å²) in [4.78, 5) is 4.86. The lowest BCUT2D eigenvalue weighted by atomic mass is 10.1. The van der Waals surface area contributed by atoms with Crippen LogP contribution in [0, 0.1) is 0 Å². The summed E-state index contributed by atoms with van der Waals surface area (Å²) >= 11 is 0. The fraction of sp³-hybridized carbons (Fsp3) is 0.424. The molecule has 0 unspecified atom stereocenters. The maximum atomic E-state index is 5.97. The molecule has 0 saturated carbocycles. The predicted octanol–water partition coefficient (Wildman–Crippen LogP) is 9.13. The summed E-state index contributed by atoms with van der Waals surface area (Å²) in [5, 5.41) is 1.97. The number of nitrogens with zero attached hydrogens (tertiary/aromatic N) is 3. The third kappa shape index (κ3) is 8.01. The number of hydrogen-bond donors (Lipinski definition) is 0. The second-order valence-corrected chi connectivity index (χ2v) is 9.88. The Labute approximate surface area is 228 Å². The summed E-state index contributed by atoms with van der Waals surface area (Å²) in [5.74, 6) is 2.46. The second kappa shape index (κ2) is 15.1. The van der Waals surface area contributed by atoms with Gasteiger partial charge in [-0.3, -0.25) is 0 Å². The monoisotopic (exact) mass is 512 g/mol. The minimum Gasteiger partial charge on any atom is -0.494 e. The smallest absolute Gasteiger partial charge is 0.180 e. The van der Waals surface area contributed by atoms with Crippen molar-refractivity contribution in [1.82, 2.24) is 5.43 Å². The van der Waals surface area contributed by atoms with Crippen molar-refractivity contribution in [2.75, 3.05) is 18.2 Å². The molecule has 5 heteroatoms. The third-order valence-corrected chi connectivity index (χ3v) is 6.76. The third-order valence-electron chi connectivity index (χ3n) is 6.76. The van der Waals surface area contributed by atoms with E-state index in [1.54, 1.807) is 0 Å². The Hall–Kier alpha value is -3.47. The standard InChI is InChI=1S/C33H42N3O2/c1-3-5-7-9-13-25-37-29-21-17-27(18-22-29)33-34-31-15-11-12-16-32(31)36(35-33)28-19-23-30(24-20-28)38-26-14-10-8-6-4-2/h11-12,15-24H,3-10,13-14,25-26H2,1-2H3. The lowest BCUT2D eigenvalue weighted by Gasteiger charge is -2.29. The Morgan fingerprint density at radius 3 is 1.76 bits per heavy atom. The molecule has 5 nitrogen and oxygen atoms in total. The molecule has 1 aliphatic rings. The highest BCUT2D eigenvalue weighted by molar-refractivity contribution is 6.04. The van der Waals surface area contributed by atoms with Crippen LogP contribution in [0.4, 0.5) is 17.1 Å². The highest BCUT2D eigenvalue weighted by Crippen LogP contribution is 2.37. The highest BCUT2D eigenvalue weighted by Gasteiger charge is 2.23. The molecule has 1 heterocycles. The zero-order valence-corrected chi connectivity index (χ0v) is 23.1. The van der Waals surface area contributed by atoms with Crippen LogP contribution in [0.2, 0.25) is 0 Å². The van der Waals surface area contributed by atoms with Gasteiger partial charge < -0.3 is 9.47 Å². The first-order chi connectivity index (χ1) is 18.8. The van der Waals surface area contributed by atoms with Gasteiger partial charge in [-0.1, -0.05) is 77.3 Å². The van der Waals surface area contributed by atoms with E-state index in [0.29, 0.717) is 5.84 Å². The van der Waals surface area contributed by atoms with Crippen LogP contribution in [0.25, 0.3) is 0 Å². The maximum Gasteiger partial charge on any atom is 0.180 e. The fourth-order valence-corrected chi connectivity index (χ4v) is 4.52. The summed E-state index contributed by atoms with van der Waals surface area (Å²) in [5.41, 5.74) is 8.73. The van der Waals surface area contributed by atoms with Crippen molar-refractivity contribution >= 4 is 22.9 Å². The van der Waals surface area contributed by atoms with Crippen molar-refractivity contribution in [2.45, 2.75) is 78.1 Å². The van der Waals surface area contributed by atoms with Crippen LogP contribution in [-0.2, 0) is 0 Å². The quantitative estimate of drug-likeness (QED) is 0.180. The van der Waals surface area contributed by atoms with Crippen molar-refractivity contribution in [3.8, 4) is 11.5 Å². The average Bonchev–Trinajstić information content (AvgIpc) is 2.97. The summed E-state index contributed by atoms with van der Waals surface area (Å²) in [6, 6.07) is 24.4. The van der Waals surface area contributed by atoms with E-state index < -0.39 is 0 Å². The van der Waals surface area contributed by atoms with Crippen molar-refractivity contribution < 1.29 is 9.47 Å². The molecule has 0 fully saturated rings. The molecule has 0 spiro atoms. The fourth-order valence-electron chi connectivity index (χ4n) is 4.52. The van der Waals surface area contributed by atoms with Crippen LogP contribution >= 0.6 is 0 Å². The molecule has 4 rings (SSSR count). The number of hydrogen-bond acceptors (Lipinski definition) is 4. The molecule has 0 atom stereocenters. The Balaban J connectivity index is 1.38. The Kier molecular flexibility index (Phi) is 10.9. The molecule has 0 aromatic heterocycles.